The summed E-state index contributed by atoms with van der Waals surface area (Å²) in [5, 5.41) is 0. The van der Waals surface area contributed by atoms with E-state index in [-0.39, 0.29) is 6.04 Å². The first kappa shape index (κ1) is 14.3. The Morgan fingerprint density at radius 1 is 1.15 bits per heavy atom. The highest BCUT2D eigenvalue weighted by Crippen LogP contribution is 2.29. The van der Waals surface area contributed by atoms with Crippen molar-refractivity contribution in [1.29, 1.82) is 0 Å². The van der Waals surface area contributed by atoms with Crippen molar-refractivity contribution in [3.63, 3.8) is 0 Å². The molecule has 1 atom stereocenters. The summed E-state index contributed by atoms with van der Waals surface area (Å²) >= 11 is 0. The van der Waals surface area contributed by atoms with Crippen LogP contribution >= 0.6 is 0 Å². The van der Waals surface area contributed by atoms with Crippen molar-refractivity contribution < 1.29 is 9.47 Å². The lowest BCUT2D eigenvalue weighted by Gasteiger charge is -2.17. The zero-order chi connectivity index (χ0) is 14.7. The molecule has 20 heavy (non-hydrogen) atoms. The molecule has 0 saturated heterocycles. The maximum Gasteiger partial charge on any atom is 0.240 e. The normalized spacial score (nSPS) is 12.1. The molecule has 0 saturated carbocycles. The highest BCUT2D eigenvalue weighted by atomic mass is 16.5. The van der Waals surface area contributed by atoms with E-state index in [9.17, 15) is 0 Å². The van der Waals surface area contributed by atoms with Gasteiger partial charge in [-0.15, -0.1) is 0 Å². The second-order valence-corrected chi connectivity index (χ2v) is 4.57. The molecule has 0 aliphatic rings. The van der Waals surface area contributed by atoms with E-state index in [1.54, 1.807) is 13.3 Å². The number of nitrogens with two attached hydrogens (primary N) is 1. The third kappa shape index (κ3) is 2.58. The van der Waals surface area contributed by atoms with Crippen molar-refractivity contribution in [2.75, 3.05) is 14.2 Å². The van der Waals surface area contributed by atoms with Gasteiger partial charge in [0, 0.05) is 0 Å². The van der Waals surface area contributed by atoms with Gasteiger partial charge in [-0.3, -0.25) is 0 Å². The van der Waals surface area contributed by atoms with Crippen LogP contribution in [-0.4, -0.2) is 24.2 Å². The third-order valence-electron chi connectivity index (χ3n) is 3.42. The topological polar surface area (TPSA) is 70.3 Å². The van der Waals surface area contributed by atoms with Crippen LogP contribution in [0.25, 0.3) is 0 Å². The predicted octanol–water partition coefficient (Wildman–Crippen LogP) is 2.16. The monoisotopic (exact) mass is 273 g/mol. The van der Waals surface area contributed by atoms with Crippen LogP contribution in [0.2, 0.25) is 0 Å². The van der Waals surface area contributed by atoms with E-state index < -0.39 is 0 Å². The minimum absolute atomic E-state index is 0.386. The minimum atomic E-state index is -0.386. The molecule has 0 bridgehead atoms. The Labute approximate surface area is 118 Å². The third-order valence-corrected chi connectivity index (χ3v) is 3.42. The van der Waals surface area contributed by atoms with Crippen molar-refractivity contribution in [2.24, 2.45) is 5.73 Å². The fraction of sp³-hybridized carbons (Fsp3) is 0.333. The molecular formula is C15H19N3O2. The van der Waals surface area contributed by atoms with Gasteiger partial charge < -0.3 is 15.2 Å². The van der Waals surface area contributed by atoms with Gasteiger partial charge in [0.25, 0.3) is 0 Å². The van der Waals surface area contributed by atoms with Crippen molar-refractivity contribution >= 4 is 0 Å². The Hall–Kier alpha value is -2.14. The fourth-order valence-electron chi connectivity index (χ4n) is 2.09. The van der Waals surface area contributed by atoms with Crippen LogP contribution in [0.15, 0.2) is 24.4 Å². The summed E-state index contributed by atoms with van der Waals surface area (Å²) in [5.74, 6) is 0.788. The molecule has 2 rings (SSSR count). The maximum atomic E-state index is 6.33. The zero-order valence-electron chi connectivity index (χ0n) is 12.2. The van der Waals surface area contributed by atoms with E-state index in [0.29, 0.717) is 17.5 Å². The quantitative estimate of drug-likeness (QED) is 0.924. The molecule has 1 unspecified atom stereocenters. The van der Waals surface area contributed by atoms with Crippen LogP contribution in [0.5, 0.6) is 11.8 Å². The van der Waals surface area contributed by atoms with Crippen LogP contribution in [-0.2, 0) is 0 Å². The molecule has 2 aromatic rings. The number of aromatic nitrogens is 2. The number of ether oxygens (including phenoxy) is 2. The van der Waals surface area contributed by atoms with Gasteiger partial charge in [-0.2, -0.15) is 4.98 Å². The summed E-state index contributed by atoms with van der Waals surface area (Å²) in [5.41, 5.74) is 10.3. The van der Waals surface area contributed by atoms with E-state index in [4.69, 9.17) is 15.2 Å². The molecule has 0 amide bonds. The Balaban J connectivity index is 2.47. The van der Waals surface area contributed by atoms with E-state index in [0.717, 1.165) is 11.1 Å². The molecule has 5 heteroatoms. The van der Waals surface area contributed by atoms with Gasteiger partial charge in [-0.25, -0.2) is 4.98 Å². The Kier molecular flexibility index (Phi) is 4.20. The molecule has 0 spiro atoms. The van der Waals surface area contributed by atoms with Gasteiger partial charge >= 0.3 is 0 Å². The Morgan fingerprint density at radius 2 is 1.90 bits per heavy atom. The van der Waals surface area contributed by atoms with E-state index in [1.807, 2.05) is 19.1 Å². The zero-order valence-corrected chi connectivity index (χ0v) is 12.2. The SMILES string of the molecule is COc1cnc(C(N)c2cccc(C)c2C)c(OC)n1. The average molecular weight is 273 g/mol. The highest BCUT2D eigenvalue weighted by molar-refractivity contribution is 5.41. The molecule has 106 valence electrons. The number of aryl methyl sites for hydroxylation is 1. The molecule has 0 radical (unpaired) electrons. The minimum Gasteiger partial charge on any atom is -0.480 e. The first-order valence-corrected chi connectivity index (χ1v) is 6.35. The number of methoxy groups -OCH3 is 2. The standard InChI is InChI=1S/C15H19N3O2/c1-9-6-5-7-11(10(9)2)13(16)14-15(20-4)18-12(19-3)8-17-14/h5-8,13H,16H2,1-4H3. The number of nitrogens with zero attached hydrogens (tertiary/aromatic N) is 2. The second kappa shape index (κ2) is 5.88. The molecule has 0 aliphatic heterocycles. The molecule has 0 aliphatic carbocycles. The molecular weight excluding hydrogens is 254 g/mol. The summed E-state index contributed by atoms with van der Waals surface area (Å²) in [6.07, 6.45) is 1.54. The van der Waals surface area contributed by atoms with Crippen LogP contribution in [0, 0.1) is 13.8 Å². The Bertz CT molecular complexity index is 614. The summed E-state index contributed by atoms with van der Waals surface area (Å²) in [6.45, 7) is 4.11. The number of hydrogen-bond acceptors (Lipinski definition) is 5. The first-order chi connectivity index (χ1) is 9.58. The smallest absolute Gasteiger partial charge is 0.240 e. The molecule has 5 nitrogen and oxygen atoms in total. The van der Waals surface area contributed by atoms with Crippen molar-refractivity contribution in [3.8, 4) is 11.8 Å². The summed E-state index contributed by atoms with van der Waals surface area (Å²) < 4.78 is 10.3. The van der Waals surface area contributed by atoms with Gasteiger partial charge in [0.1, 0.15) is 5.69 Å². The number of hydrogen-bond donors (Lipinski definition) is 1. The molecule has 0 fully saturated rings. The van der Waals surface area contributed by atoms with Crippen molar-refractivity contribution in [1.82, 2.24) is 9.97 Å². The van der Waals surface area contributed by atoms with Crippen molar-refractivity contribution in [3.05, 3.63) is 46.8 Å². The van der Waals surface area contributed by atoms with Crippen LogP contribution in [0.1, 0.15) is 28.4 Å². The number of rotatable bonds is 4. The van der Waals surface area contributed by atoms with Crippen LogP contribution in [0.4, 0.5) is 0 Å². The van der Waals surface area contributed by atoms with Crippen LogP contribution in [0.3, 0.4) is 0 Å². The van der Waals surface area contributed by atoms with Gasteiger partial charge in [0.05, 0.1) is 26.5 Å². The van der Waals surface area contributed by atoms with Gasteiger partial charge in [0.15, 0.2) is 0 Å². The summed E-state index contributed by atoms with van der Waals surface area (Å²) in [6, 6.07) is 5.66. The van der Waals surface area contributed by atoms with Gasteiger partial charge in [-0.05, 0) is 30.5 Å². The fourth-order valence-corrected chi connectivity index (χ4v) is 2.09. The van der Waals surface area contributed by atoms with Gasteiger partial charge in [0.2, 0.25) is 11.8 Å². The molecule has 2 N–H and O–H groups in total. The molecule has 1 aromatic carbocycles. The molecule has 1 heterocycles. The van der Waals surface area contributed by atoms with E-state index in [1.165, 1.54) is 12.7 Å². The lowest BCUT2D eigenvalue weighted by atomic mass is 9.96. The first-order valence-electron chi connectivity index (χ1n) is 6.35. The molecule has 1 aromatic heterocycles. The van der Waals surface area contributed by atoms with Gasteiger partial charge in [-0.1, -0.05) is 18.2 Å². The summed E-state index contributed by atoms with van der Waals surface area (Å²) in [4.78, 5) is 8.55. The van der Waals surface area contributed by atoms with E-state index in [2.05, 4.69) is 23.0 Å². The lowest BCUT2D eigenvalue weighted by molar-refractivity contribution is 0.355. The van der Waals surface area contributed by atoms with Crippen molar-refractivity contribution in [2.45, 2.75) is 19.9 Å². The Morgan fingerprint density at radius 3 is 2.55 bits per heavy atom. The predicted molar refractivity (Wildman–Crippen MR) is 77.1 cm³/mol. The highest BCUT2D eigenvalue weighted by Gasteiger charge is 2.19. The van der Waals surface area contributed by atoms with E-state index >= 15 is 0 Å². The summed E-state index contributed by atoms with van der Waals surface area (Å²) in [7, 11) is 3.08. The largest absolute Gasteiger partial charge is 0.480 e. The maximum absolute atomic E-state index is 6.33. The average Bonchev–Trinajstić information content (AvgIpc) is 2.48. The lowest BCUT2D eigenvalue weighted by Crippen LogP contribution is -2.17. The number of benzene rings is 1. The second-order valence-electron chi connectivity index (χ2n) is 4.57. The van der Waals surface area contributed by atoms with Crippen LogP contribution < -0.4 is 15.2 Å².